The van der Waals surface area contributed by atoms with Crippen molar-refractivity contribution in [2.24, 2.45) is 11.5 Å². The highest BCUT2D eigenvalue weighted by Crippen LogP contribution is 2.43. The molecule has 0 amide bonds. The lowest BCUT2D eigenvalue weighted by molar-refractivity contribution is -0.145. The van der Waals surface area contributed by atoms with Gasteiger partial charge in [-0.15, -0.1) is 0 Å². The first kappa shape index (κ1) is 25.8. The van der Waals surface area contributed by atoms with E-state index in [1.165, 1.54) is 0 Å². The molecule has 0 spiro atoms. The van der Waals surface area contributed by atoms with E-state index in [2.05, 4.69) is 0 Å². The summed E-state index contributed by atoms with van der Waals surface area (Å²) in [6, 6.07) is -3.76. The lowest BCUT2D eigenvalue weighted by Gasteiger charge is -2.27. The van der Waals surface area contributed by atoms with E-state index < -0.39 is 70.2 Å². The van der Waals surface area contributed by atoms with Crippen LogP contribution < -0.4 is 11.5 Å². The lowest BCUT2D eigenvalue weighted by Crippen LogP contribution is -2.31. The van der Waals surface area contributed by atoms with Gasteiger partial charge in [0.15, 0.2) is 0 Å². The molecule has 14 heteroatoms. The van der Waals surface area contributed by atoms with Crippen molar-refractivity contribution in [1.82, 2.24) is 0 Å². The van der Waals surface area contributed by atoms with Crippen LogP contribution in [-0.4, -0.2) is 0 Å². The fraction of sp³-hybridized carbons (Fsp3) is 0.333. The van der Waals surface area contributed by atoms with Gasteiger partial charge in [-0.25, -0.2) is 0 Å². The molecular weight excluding hydrogens is 472 g/mol. The molecule has 0 aliphatic rings. The van der Waals surface area contributed by atoms with Crippen LogP contribution in [0.15, 0.2) is 36.4 Å². The standard InChI is InChI=1S/C18H12F12N2/c19-15(20,21)7-1-3-9(11(5-7)17(25,26)27)13(31)14(32)10-4-2-8(16(22,23)24)6-12(10)18(28,29)30/h1-6,13-14H,31-32H2. The topological polar surface area (TPSA) is 52.0 Å². The van der Waals surface area contributed by atoms with E-state index in [1.54, 1.807) is 0 Å². The molecule has 0 aliphatic heterocycles. The number of nitrogens with two attached hydrogens (primary N) is 2. The molecule has 2 unspecified atom stereocenters. The van der Waals surface area contributed by atoms with Crippen LogP contribution >= 0.6 is 0 Å². The number of benzene rings is 2. The number of alkyl halides is 12. The summed E-state index contributed by atoms with van der Waals surface area (Å²) in [5, 5.41) is 0. The number of hydrogen-bond acceptors (Lipinski definition) is 2. The Morgan fingerprint density at radius 3 is 0.969 bits per heavy atom. The molecule has 0 saturated carbocycles. The zero-order valence-electron chi connectivity index (χ0n) is 15.3. The highest BCUT2D eigenvalue weighted by molar-refractivity contribution is 5.42. The minimum atomic E-state index is -5.39. The van der Waals surface area contributed by atoms with Crippen molar-refractivity contribution >= 4 is 0 Å². The second-order valence-electron chi connectivity index (χ2n) is 6.65. The van der Waals surface area contributed by atoms with Crippen LogP contribution in [-0.2, 0) is 24.7 Å². The van der Waals surface area contributed by atoms with Gasteiger partial charge in [0.25, 0.3) is 0 Å². The van der Waals surface area contributed by atoms with Gasteiger partial charge in [-0.2, -0.15) is 52.7 Å². The molecule has 2 rings (SSSR count). The van der Waals surface area contributed by atoms with Gasteiger partial charge in [0.05, 0.1) is 22.3 Å². The molecule has 178 valence electrons. The van der Waals surface area contributed by atoms with E-state index in [-0.39, 0.29) is 24.3 Å². The van der Waals surface area contributed by atoms with Crippen molar-refractivity contribution in [3.05, 3.63) is 69.8 Å². The Balaban J connectivity index is 2.63. The van der Waals surface area contributed by atoms with Crippen molar-refractivity contribution in [1.29, 1.82) is 0 Å². The van der Waals surface area contributed by atoms with Crippen molar-refractivity contribution in [3.63, 3.8) is 0 Å². The predicted molar refractivity (Wildman–Crippen MR) is 86.7 cm³/mol. The summed E-state index contributed by atoms with van der Waals surface area (Å²) in [6.07, 6.45) is -21.1. The molecule has 0 heterocycles. The summed E-state index contributed by atoms with van der Waals surface area (Å²) in [5.41, 5.74) is 1.83. The fourth-order valence-electron chi connectivity index (χ4n) is 2.92. The number of halogens is 12. The average Bonchev–Trinajstić information content (AvgIpc) is 2.63. The van der Waals surface area contributed by atoms with E-state index in [1.807, 2.05) is 0 Å². The summed E-state index contributed by atoms with van der Waals surface area (Å²) < 4.78 is 157. The molecule has 2 nitrogen and oxygen atoms in total. The molecule has 0 bridgehead atoms. The van der Waals surface area contributed by atoms with E-state index >= 15 is 0 Å². The maximum atomic E-state index is 13.3. The first-order valence-corrected chi connectivity index (χ1v) is 8.32. The second kappa shape index (κ2) is 8.14. The quantitative estimate of drug-likeness (QED) is 0.492. The summed E-state index contributed by atoms with van der Waals surface area (Å²) in [5.74, 6) is 0. The number of rotatable bonds is 3. The highest BCUT2D eigenvalue weighted by Gasteiger charge is 2.42. The Labute approximate surface area is 171 Å². The van der Waals surface area contributed by atoms with E-state index in [9.17, 15) is 52.7 Å². The van der Waals surface area contributed by atoms with Gasteiger partial charge >= 0.3 is 24.7 Å². The van der Waals surface area contributed by atoms with Crippen molar-refractivity contribution in [2.75, 3.05) is 0 Å². The Morgan fingerprint density at radius 2 is 0.750 bits per heavy atom. The summed E-state index contributed by atoms with van der Waals surface area (Å²) in [4.78, 5) is 0. The van der Waals surface area contributed by atoms with Gasteiger partial charge in [0.1, 0.15) is 0 Å². The van der Waals surface area contributed by atoms with E-state index in [0.717, 1.165) is 0 Å². The predicted octanol–water partition coefficient (Wildman–Crippen LogP) is 6.46. The molecule has 32 heavy (non-hydrogen) atoms. The summed E-state index contributed by atoms with van der Waals surface area (Å²) in [7, 11) is 0. The molecule has 2 aromatic rings. The first-order valence-electron chi connectivity index (χ1n) is 8.32. The number of hydrogen-bond donors (Lipinski definition) is 2. The van der Waals surface area contributed by atoms with Gasteiger partial charge in [0, 0.05) is 12.1 Å². The van der Waals surface area contributed by atoms with Crippen LogP contribution in [0.4, 0.5) is 52.7 Å². The second-order valence-corrected chi connectivity index (χ2v) is 6.65. The van der Waals surface area contributed by atoms with E-state index in [0.29, 0.717) is 12.1 Å². The van der Waals surface area contributed by atoms with Crippen LogP contribution in [0.1, 0.15) is 45.5 Å². The van der Waals surface area contributed by atoms with Gasteiger partial charge in [-0.05, 0) is 35.4 Å². The molecule has 0 aromatic heterocycles. The van der Waals surface area contributed by atoms with Crippen molar-refractivity contribution in [2.45, 2.75) is 36.8 Å². The summed E-state index contributed by atoms with van der Waals surface area (Å²) >= 11 is 0. The molecule has 2 atom stereocenters. The lowest BCUT2D eigenvalue weighted by atomic mass is 9.87. The smallest absolute Gasteiger partial charge is 0.322 e. The fourth-order valence-corrected chi connectivity index (χ4v) is 2.92. The Bertz CT molecular complexity index is 890. The normalized spacial score (nSPS) is 15.6. The Kier molecular flexibility index (Phi) is 6.56. The van der Waals surface area contributed by atoms with Crippen LogP contribution in [0.2, 0.25) is 0 Å². The molecule has 0 aliphatic carbocycles. The summed E-state index contributed by atoms with van der Waals surface area (Å²) in [6.45, 7) is 0. The molecule has 2 aromatic carbocycles. The van der Waals surface area contributed by atoms with Crippen molar-refractivity contribution < 1.29 is 52.7 Å². The zero-order valence-corrected chi connectivity index (χ0v) is 15.3. The van der Waals surface area contributed by atoms with Gasteiger partial charge in [-0.1, -0.05) is 12.1 Å². The van der Waals surface area contributed by atoms with Gasteiger partial charge < -0.3 is 11.5 Å². The van der Waals surface area contributed by atoms with Crippen LogP contribution in [0, 0.1) is 0 Å². The monoisotopic (exact) mass is 484 g/mol. The van der Waals surface area contributed by atoms with Crippen LogP contribution in [0.5, 0.6) is 0 Å². The maximum Gasteiger partial charge on any atom is 0.416 e. The first-order chi connectivity index (χ1) is 14.2. The van der Waals surface area contributed by atoms with Crippen LogP contribution in [0.3, 0.4) is 0 Å². The van der Waals surface area contributed by atoms with Gasteiger partial charge in [-0.3, -0.25) is 0 Å². The average molecular weight is 484 g/mol. The molecule has 0 saturated heterocycles. The molecule has 0 fully saturated rings. The molecular formula is C18H12F12N2. The molecule has 4 N–H and O–H groups in total. The van der Waals surface area contributed by atoms with Crippen molar-refractivity contribution in [3.8, 4) is 0 Å². The molecule has 0 radical (unpaired) electrons. The SMILES string of the molecule is NC(c1ccc(C(F)(F)F)cc1C(F)(F)F)C(N)c1ccc(C(F)(F)F)cc1C(F)(F)F. The largest absolute Gasteiger partial charge is 0.416 e. The van der Waals surface area contributed by atoms with Crippen LogP contribution in [0.25, 0.3) is 0 Å². The maximum absolute atomic E-state index is 13.3. The third kappa shape index (κ3) is 5.46. The minimum Gasteiger partial charge on any atom is -0.322 e. The highest BCUT2D eigenvalue weighted by atomic mass is 19.4. The van der Waals surface area contributed by atoms with E-state index in [4.69, 9.17) is 11.5 Å². The zero-order chi connectivity index (χ0) is 24.9. The Hall–Kier alpha value is -2.48. The Morgan fingerprint density at radius 1 is 0.469 bits per heavy atom. The minimum absolute atomic E-state index is 0.231. The third-order valence-electron chi connectivity index (χ3n) is 4.48. The van der Waals surface area contributed by atoms with Gasteiger partial charge in [0.2, 0.25) is 0 Å². The third-order valence-corrected chi connectivity index (χ3v) is 4.48.